The summed E-state index contributed by atoms with van der Waals surface area (Å²) in [7, 11) is 0. The van der Waals surface area contributed by atoms with Crippen LogP contribution < -0.4 is 16.0 Å². The zero-order valence-corrected chi connectivity index (χ0v) is 18.6. The number of nitrogens with one attached hydrogen (secondary N) is 3. The van der Waals surface area contributed by atoms with Crippen LogP contribution in [-0.4, -0.2) is 53.5 Å². The number of aromatic nitrogens is 2. The molecule has 0 unspecified atom stereocenters. The fourth-order valence-corrected chi connectivity index (χ4v) is 4.26. The highest BCUT2D eigenvalue weighted by Gasteiger charge is 2.48. The number of amides is 2. The number of alkyl halides is 3. The number of urea groups is 1. The van der Waals surface area contributed by atoms with Crippen LogP contribution in [0.2, 0.25) is 0 Å². The Balaban J connectivity index is 1.19. The minimum absolute atomic E-state index is 0.0139. The van der Waals surface area contributed by atoms with Crippen molar-refractivity contribution >= 4 is 17.7 Å². The van der Waals surface area contributed by atoms with E-state index < -0.39 is 36.0 Å². The predicted octanol–water partition coefficient (Wildman–Crippen LogP) is 4.07. The summed E-state index contributed by atoms with van der Waals surface area (Å²) in [4.78, 5) is 21.1. The van der Waals surface area contributed by atoms with Crippen molar-refractivity contribution in [2.24, 2.45) is 0 Å². The van der Waals surface area contributed by atoms with Gasteiger partial charge in [0.25, 0.3) is 0 Å². The average Bonchev–Trinajstić information content (AvgIpc) is 3.42. The van der Waals surface area contributed by atoms with E-state index >= 15 is 0 Å². The first-order valence-corrected chi connectivity index (χ1v) is 11.1. The molecular weight excluding hydrogens is 482 g/mol. The number of benzene rings is 2. The maximum atomic E-state index is 13.6. The average molecular weight is 503 g/mol. The van der Waals surface area contributed by atoms with Crippen LogP contribution in [0.4, 0.5) is 34.0 Å². The van der Waals surface area contributed by atoms with E-state index in [1.54, 1.807) is 24.4 Å². The van der Waals surface area contributed by atoms with E-state index in [0.29, 0.717) is 17.2 Å². The van der Waals surface area contributed by atoms with Crippen LogP contribution in [0.5, 0.6) is 0 Å². The summed E-state index contributed by atoms with van der Waals surface area (Å²) in [5.41, 5.74) is 0.302. The van der Waals surface area contributed by atoms with Crippen LogP contribution in [0.1, 0.15) is 5.56 Å². The monoisotopic (exact) mass is 503 g/mol. The molecule has 3 aromatic rings. The Morgan fingerprint density at radius 3 is 2.50 bits per heavy atom. The number of fused-ring (bicyclic) bond motifs is 1. The van der Waals surface area contributed by atoms with Crippen molar-refractivity contribution in [1.29, 1.82) is 0 Å². The molecule has 0 bridgehead atoms. The predicted molar refractivity (Wildman–Crippen MR) is 122 cm³/mol. The van der Waals surface area contributed by atoms with Crippen molar-refractivity contribution in [2.75, 3.05) is 23.8 Å². The molecule has 2 saturated heterocycles. The first-order valence-electron chi connectivity index (χ1n) is 11.1. The second-order valence-electron chi connectivity index (χ2n) is 8.41. The van der Waals surface area contributed by atoms with Gasteiger partial charge in [-0.15, -0.1) is 0 Å². The molecule has 188 valence electrons. The van der Waals surface area contributed by atoms with Gasteiger partial charge >= 0.3 is 12.2 Å². The van der Waals surface area contributed by atoms with Crippen molar-refractivity contribution < 1.29 is 31.8 Å². The third-order valence-corrected chi connectivity index (χ3v) is 5.91. The highest BCUT2D eigenvalue weighted by molar-refractivity contribution is 5.89. The Kier molecular flexibility index (Phi) is 6.46. The van der Waals surface area contributed by atoms with Gasteiger partial charge in [0.1, 0.15) is 18.0 Å². The summed E-state index contributed by atoms with van der Waals surface area (Å²) in [6.45, 7) is 0.421. The number of nitrogens with zero attached hydrogens (tertiary/aromatic N) is 2. The van der Waals surface area contributed by atoms with Gasteiger partial charge in [-0.2, -0.15) is 13.2 Å². The van der Waals surface area contributed by atoms with E-state index in [1.165, 1.54) is 24.3 Å². The fourth-order valence-electron chi connectivity index (χ4n) is 4.26. The van der Waals surface area contributed by atoms with E-state index in [0.717, 1.165) is 12.1 Å². The quantitative estimate of drug-likeness (QED) is 0.455. The van der Waals surface area contributed by atoms with Crippen LogP contribution in [0.25, 0.3) is 11.3 Å². The minimum atomic E-state index is -4.51. The molecule has 0 spiro atoms. The van der Waals surface area contributed by atoms with Crippen molar-refractivity contribution in [2.45, 2.75) is 30.5 Å². The summed E-state index contributed by atoms with van der Waals surface area (Å²) in [5, 5.41) is 8.29. The molecule has 8 nitrogen and oxygen atoms in total. The summed E-state index contributed by atoms with van der Waals surface area (Å²) < 4.78 is 64.0. The molecule has 0 aliphatic carbocycles. The van der Waals surface area contributed by atoms with E-state index in [2.05, 4.69) is 25.9 Å². The third kappa shape index (κ3) is 5.24. The molecule has 0 radical (unpaired) electrons. The lowest BCUT2D eigenvalue weighted by atomic mass is 10.1. The van der Waals surface area contributed by atoms with Gasteiger partial charge in [-0.25, -0.2) is 19.2 Å². The first-order chi connectivity index (χ1) is 17.3. The van der Waals surface area contributed by atoms with Gasteiger partial charge in [0.2, 0.25) is 5.95 Å². The topological polar surface area (TPSA) is 97.4 Å². The molecule has 2 aromatic carbocycles. The summed E-state index contributed by atoms with van der Waals surface area (Å²) >= 11 is 0. The second kappa shape index (κ2) is 9.70. The summed E-state index contributed by atoms with van der Waals surface area (Å²) in [6.07, 6.45) is -3.84. The minimum Gasteiger partial charge on any atom is -0.371 e. The Bertz CT molecular complexity index is 1260. The standard InChI is InChI=1S/C24H21F4N5O3/c25-15-5-1-3-13(9-15)17-7-8-29-22(31-17)32-18-11-35-21-19(12-36-20(18)21)33-23(34)30-16-6-2-4-14(10-16)24(26,27)28/h1-10,18-21H,11-12H2,(H,29,31,32)(H2,30,33,34)/t18-,19-,20+,21+/m0/s1. The van der Waals surface area contributed by atoms with Crippen molar-refractivity contribution in [3.05, 3.63) is 72.2 Å². The molecular formula is C24H21F4N5O3. The lowest BCUT2D eigenvalue weighted by Crippen LogP contribution is -2.46. The first kappa shape index (κ1) is 23.9. The fraction of sp³-hybridized carbons (Fsp3) is 0.292. The Hall–Kier alpha value is -3.77. The molecule has 2 aliphatic heterocycles. The van der Waals surface area contributed by atoms with E-state index in [-0.39, 0.29) is 30.8 Å². The Morgan fingerprint density at radius 2 is 1.72 bits per heavy atom. The van der Waals surface area contributed by atoms with Crippen LogP contribution in [0, 0.1) is 5.82 Å². The van der Waals surface area contributed by atoms with Crippen LogP contribution >= 0.6 is 0 Å². The van der Waals surface area contributed by atoms with Gasteiger partial charge < -0.3 is 25.4 Å². The Labute approximate surface area is 203 Å². The lowest BCUT2D eigenvalue weighted by molar-refractivity contribution is -0.137. The normalized spacial score (nSPS) is 23.2. The molecule has 2 amide bonds. The van der Waals surface area contributed by atoms with Crippen molar-refractivity contribution in [3.63, 3.8) is 0 Å². The molecule has 0 saturated carbocycles. The number of hydrogen-bond donors (Lipinski definition) is 3. The lowest BCUT2D eigenvalue weighted by Gasteiger charge is -2.19. The van der Waals surface area contributed by atoms with Gasteiger partial charge in [-0.1, -0.05) is 18.2 Å². The number of halogens is 4. The molecule has 5 rings (SSSR count). The Morgan fingerprint density at radius 1 is 0.972 bits per heavy atom. The summed E-state index contributed by atoms with van der Waals surface area (Å²) in [5.74, 6) is -0.0593. The van der Waals surface area contributed by atoms with E-state index in [1.807, 2.05) is 0 Å². The number of hydrogen-bond acceptors (Lipinski definition) is 6. The van der Waals surface area contributed by atoms with Gasteiger partial charge in [-0.3, -0.25) is 0 Å². The molecule has 3 heterocycles. The van der Waals surface area contributed by atoms with Gasteiger partial charge in [0.05, 0.1) is 36.6 Å². The second-order valence-corrected chi connectivity index (χ2v) is 8.41. The molecule has 3 N–H and O–H groups in total. The van der Waals surface area contributed by atoms with Gasteiger partial charge in [0, 0.05) is 17.4 Å². The van der Waals surface area contributed by atoms with E-state index in [9.17, 15) is 22.4 Å². The maximum Gasteiger partial charge on any atom is 0.416 e. The van der Waals surface area contributed by atoms with E-state index in [4.69, 9.17) is 9.47 Å². The van der Waals surface area contributed by atoms with Crippen LogP contribution in [0.3, 0.4) is 0 Å². The van der Waals surface area contributed by atoms with Gasteiger partial charge in [0.15, 0.2) is 0 Å². The maximum absolute atomic E-state index is 13.6. The highest BCUT2D eigenvalue weighted by Crippen LogP contribution is 2.31. The highest BCUT2D eigenvalue weighted by atomic mass is 19.4. The molecule has 12 heteroatoms. The zero-order valence-electron chi connectivity index (χ0n) is 18.6. The number of anilines is 2. The number of ether oxygens (including phenoxy) is 2. The number of carbonyl (C=O) groups is 1. The van der Waals surface area contributed by atoms with Crippen molar-refractivity contribution in [1.82, 2.24) is 15.3 Å². The number of carbonyl (C=O) groups excluding carboxylic acids is 1. The SMILES string of the molecule is O=C(Nc1cccc(C(F)(F)F)c1)N[C@H]1CO[C@H]2[C@@H]1OC[C@@H]2Nc1nccc(-c2cccc(F)c2)n1. The smallest absolute Gasteiger partial charge is 0.371 e. The van der Waals surface area contributed by atoms with Gasteiger partial charge in [-0.05, 0) is 36.4 Å². The molecule has 2 aliphatic rings. The molecule has 4 atom stereocenters. The molecule has 1 aromatic heterocycles. The van der Waals surface area contributed by atoms with Crippen LogP contribution in [0.15, 0.2) is 60.8 Å². The zero-order chi connectivity index (χ0) is 25.3. The summed E-state index contributed by atoms with van der Waals surface area (Å²) in [6, 6.07) is 10.6. The largest absolute Gasteiger partial charge is 0.416 e. The van der Waals surface area contributed by atoms with Crippen LogP contribution in [-0.2, 0) is 15.7 Å². The molecule has 2 fully saturated rings. The number of rotatable bonds is 5. The molecule has 36 heavy (non-hydrogen) atoms. The third-order valence-electron chi connectivity index (χ3n) is 5.91. The van der Waals surface area contributed by atoms with Crippen molar-refractivity contribution in [3.8, 4) is 11.3 Å².